The number of nitrogens with zero attached hydrogens (tertiary/aromatic N) is 20. The summed E-state index contributed by atoms with van der Waals surface area (Å²) in [7, 11) is 0. The maximum atomic E-state index is 8.38. The molecule has 0 aliphatic rings. The first kappa shape index (κ1) is 172. The first-order valence-electron chi connectivity index (χ1n) is 41.5. The molecule has 129 heavy (non-hydrogen) atoms. The van der Waals surface area contributed by atoms with Gasteiger partial charge >= 0.3 is 0 Å². The molecule has 27 heteroatoms. The molecular weight excluding hydrogens is 2050 g/mol. The number of fused-ring (bicyclic) bond motifs is 3. The van der Waals surface area contributed by atoms with Gasteiger partial charge in [0.05, 0.1) is 34.8 Å². The van der Waals surface area contributed by atoms with Crippen LogP contribution in [0, 0.1) is 51.2 Å². The van der Waals surface area contributed by atoms with Gasteiger partial charge in [0.15, 0.2) is 0 Å². The number of pyridine rings is 3. The molecule has 21 nitrogen and oxygen atoms in total. The summed E-state index contributed by atoms with van der Waals surface area (Å²) in [6.07, 6.45) is 43.4. The van der Waals surface area contributed by atoms with E-state index in [1.54, 1.807) is 105 Å². The maximum absolute atomic E-state index is 8.38. The first-order chi connectivity index (χ1) is 60.9. The topological polar surface area (TPSA) is 301 Å². The summed E-state index contributed by atoms with van der Waals surface area (Å²) in [5.41, 5.74) is 12.6. The van der Waals surface area contributed by atoms with Crippen molar-refractivity contribution in [3.05, 3.63) is 403 Å². The van der Waals surface area contributed by atoms with Gasteiger partial charge in [-0.2, -0.15) is 50.0 Å². The Bertz CT molecular complexity index is 3310. The molecule has 6 radical (unpaired) electrons. The summed E-state index contributed by atoms with van der Waals surface area (Å²) in [6.45, 7) is 84.3. The molecule has 0 saturated heterocycles. The molecule has 14 rings (SSSR count). The minimum atomic E-state index is 0. The van der Waals surface area contributed by atoms with Crippen molar-refractivity contribution < 1.29 is 196 Å². The van der Waals surface area contributed by atoms with Crippen LogP contribution in [0.3, 0.4) is 0 Å². The monoisotopic (exact) mass is 2200 g/mol. The van der Waals surface area contributed by atoms with Crippen molar-refractivity contribution in [2.75, 3.05) is 0 Å². The Morgan fingerprint density at radius 1 is 0.318 bits per heavy atom. The number of para-hydroxylation sites is 3. The quantitative estimate of drug-likeness (QED) is 0.0700. The minimum Gasteiger partial charge on any atom is -0.911 e. The van der Waals surface area contributed by atoms with Gasteiger partial charge in [-0.15, -0.1) is 48.8 Å². The minimum absolute atomic E-state index is 0. The van der Waals surface area contributed by atoms with E-state index in [1.807, 2.05) is 346 Å². The molecule has 0 unspecified atom stereocenters. The Kier molecular flexibility index (Phi) is 246. The van der Waals surface area contributed by atoms with Crippen LogP contribution in [0.5, 0.6) is 0 Å². The number of H-pyrrole nitrogens is 1. The van der Waals surface area contributed by atoms with E-state index in [0.717, 1.165) is 46.8 Å². The van der Waals surface area contributed by atoms with Crippen LogP contribution < -0.4 is 0 Å². The molecule has 5 aromatic carbocycles. The number of nitrogens with one attached hydrogen (secondary N) is 1. The van der Waals surface area contributed by atoms with Crippen LogP contribution in [0.1, 0.15) is 205 Å². The first-order valence-corrected chi connectivity index (χ1v) is 41.5. The Morgan fingerprint density at radius 2 is 0.674 bits per heavy atom. The van der Waals surface area contributed by atoms with Crippen LogP contribution in [-0.2, 0) is 196 Å². The predicted molar refractivity (Wildman–Crippen MR) is 536 cm³/mol. The fraction of sp³-hybridized carbons (Fsp3) is 0.275. The van der Waals surface area contributed by atoms with E-state index in [1.165, 1.54) is 53.1 Å². The average Bonchev–Trinajstić information content (AvgIpc) is 1.08. The number of hydrogen-bond acceptors (Lipinski definition) is 17. The van der Waals surface area contributed by atoms with E-state index in [-0.39, 0.29) is 202 Å². The summed E-state index contributed by atoms with van der Waals surface area (Å²) in [6, 6.07) is 61.8. The number of aliphatic imine (C=N–C) groups is 1. The van der Waals surface area contributed by atoms with E-state index in [0.29, 0.717) is 5.56 Å². The molecular formula is C102H147N21Y6-12. The van der Waals surface area contributed by atoms with Crippen LogP contribution in [0.15, 0.2) is 335 Å². The standard InChI is InChI=1S/2C9H7N.C8H6N2.C8H6.C7H5N.C5H5N.C4H2N4.3C4H4N2.C4H4.2C3H3N.C2H3N3.14C2H6.6Y/c1-2-6-9-8(4-1)5-3-7-10-9;1-2-4-9-7-10-6-5-8(9)3-1;1-2-4-8-7(3-1)9-5-6-10-8;1-2-8-6-4-3-5-7-8;8-6-7-4-2-1-3-5-7;1-2-4-6-5-3-1;5-8-4-3-6-1-2-7-4;1-2-6-4-3-5-1;1-2-5-4-6-3-1;1-2-4-6-5-3-1;2*1-3-4-2;1-2-3-4;1-2-4-5-3-1;14*1-2;;;;;;/h2*1-7H;1-6H;1-6H;1-4,6H;1-5H;1-2H;3*1-4H;1-4H;2*1-3H;1-2H,(H,3,4,5);14*1-2H3;;;;;;/q;;;2*-2;;-2;;;;3*-2;;;;;;;;;;;;;;;;;;;;;. The zero-order valence-electron chi connectivity index (χ0n) is 82.7. The zero-order chi connectivity index (χ0) is 96.6. The van der Waals surface area contributed by atoms with Crippen LogP contribution in [-0.4, -0.2) is 99.6 Å². The molecule has 0 spiro atoms. The van der Waals surface area contributed by atoms with E-state index in [4.69, 9.17) is 36.1 Å². The Morgan fingerprint density at radius 3 is 0.922 bits per heavy atom. The Balaban J connectivity index is -0.0000000541. The van der Waals surface area contributed by atoms with Crippen LogP contribution in [0.2, 0.25) is 0 Å². The molecule has 9 heterocycles. The normalized spacial score (nSPS) is 6.82. The second kappa shape index (κ2) is 185. The van der Waals surface area contributed by atoms with Gasteiger partial charge in [-0.25, -0.2) is 22.1 Å². The molecule has 0 saturated carbocycles. The third-order valence-corrected chi connectivity index (χ3v) is 9.44. The molecule has 1 N–H and O–H groups in total. The van der Waals surface area contributed by atoms with Crippen molar-refractivity contribution in [3.8, 4) is 0 Å². The number of hydrogen-bond donors (Lipinski definition) is 1. The van der Waals surface area contributed by atoms with Gasteiger partial charge in [0.1, 0.15) is 6.33 Å². The smallest absolute Gasteiger partial charge is 0.115 e. The molecule has 9 aromatic heterocycles. The molecule has 14 aromatic rings. The average molecular weight is 2200 g/mol. The zero-order valence-corrected chi connectivity index (χ0v) is 99.7. The van der Waals surface area contributed by atoms with Gasteiger partial charge in [0.2, 0.25) is 0 Å². The van der Waals surface area contributed by atoms with E-state index < -0.39 is 0 Å². The molecule has 0 atom stereocenters. The van der Waals surface area contributed by atoms with Crippen LogP contribution >= 0.6 is 0 Å². The molecule has 0 amide bonds. The van der Waals surface area contributed by atoms with Gasteiger partial charge in [-0.1, -0.05) is 261 Å². The van der Waals surface area contributed by atoms with Crippen LogP contribution in [0.4, 0.5) is 5.82 Å². The van der Waals surface area contributed by atoms with Crippen molar-refractivity contribution in [1.82, 2.24) is 80.4 Å². The van der Waals surface area contributed by atoms with Crippen molar-refractivity contribution in [3.63, 3.8) is 0 Å². The summed E-state index contributed by atoms with van der Waals surface area (Å²) >= 11 is 0. The van der Waals surface area contributed by atoms with Crippen LogP contribution in [0.25, 0.3) is 55.1 Å². The fourth-order valence-corrected chi connectivity index (χ4v) is 5.50. The second-order valence-corrected chi connectivity index (χ2v) is 15.9. The fourth-order valence-electron chi connectivity index (χ4n) is 5.50. The van der Waals surface area contributed by atoms with Gasteiger partial charge in [0.25, 0.3) is 0 Å². The second-order valence-electron chi connectivity index (χ2n) is 15.9. The van der Waals surface area contributed by atoms with Crippen molar-refractivity contribution in [2.24, 2.45) is 10.1 Å². The molecule has 0 fully saturated rings. The molecule has 0 aliphatic heterocycles. The van der Waals surface area contributed by atoms with Gasteiger partial charge in [-0.05, 0) is 77.6 Å². The number of allylic oxidation sites excluding steroid dienone is 3. The Labute approximate surface area is 935 Å². The van der Waals surface area contributed by atoms with Crippen molar-refractivity contribution in [1.29, 1.82) is 0 Å². The molecule has 0 aliphatic carbocycles. The number of benzene rings is 5. The van der Waals surface area contributed by atoms with E-state index in [9.17, 15) is 0 Å². The SMILES string of the molecule is CC.CC.CC.CC.CC.CC.CC.CC.CC.CC.CC.CC.CC.CC.[CH-]=CC=[CH-].[CH-]=CC=[N-].[CH-]=CN=[CH-].[CH-]=Cc1[c-]cccc1.[N-]=Cc1[c-]cccc1.[N-]=Nc1[c-]nccn1.[Y].[Y].[Y].[Y].[Y].[Y].c1ccc2cnccc2c1.c1ccc2ncccc2c1.c1ccc2nccnc2c1.c1ccncc1.c1ccnnc1.c1cn[nH]n1.c1cnccn1.c1cncnc1. The van der Waals surface area contributed by atoms with Gasteiger partial charge in [-0.3, -0.25) is 58.7 Å². The van der Waals surface area contributed by atoms with E-state index in [2.05, 4.69) is 153 Å². The summed E-state index contributed by atoms with van der Waals surface area (Å²) in [4.78, 5) is 45.0. The van der Waals surface area contributed by atoms with Crippen molar-refractivity contribution in [2.45, 2.75) is 194 Å². The van der Waals surface area contributed by atoms with Gasteiger partial charge in [0, 0.05) is 295 Å². The molecule has 0 bridgehead atoms. The Hall–Kier alpha value is -7.20. The largest absolute Gasteiger partial charge is 0.911 e. The summed E-state index contributed by atoms with van der Waals surface area (Å²) < 4.78 is 0. The van der Waals surface area contributed by atoms with Gasteiger partial charge < -0.3 is 94.0 Å². The summed E-state index contributed by atoms with van der Waals surface area (Å²) in [5.74, 6) is 0.104. The third kappa shape index (κ3) is 144. The van der Waals surface area contributed by atoms with E-state index >= 15 is 0 Å². The predicted octanol–water partition coefficient (Wildman–Crippen LogP) is 29.2. The number of aromatic nitrogens is 16. The number of rotatable bonds is 6. The number of aromatic amines is 1. The third-order valence-electron chi connectivity index (χ3n) is 9.44. The summed E-state index contributed by atoms with van der Waals surface area (Å²) in [5, 5.41) is 38.7. The van der Waals surface area contributed by atoms with Crippen molar-refractivity contribution >= 4 is 63.7 Å². The maximum Gasteiger partial charge on any atom is 0.115 e. The molecule has 690 valence electrons.